The molecule has 4 aromatic rings. The van der Waals surface area contributed by atoms with Gasteiger partial charge in [0, 0.05) is 26.3 Å². The van der Waals surface area contributed by atoms with Crippen molar-refractivity contribution in [2.45, 2.75) is 13.2 Å². The van der Waals surface area contributed by atoms with E-state index in [1.54, 1.807) is 37.6 Å². The van der Waals surface area contributed by atoms with E-state index in [1.807, 2.05) is 36.4 Å². The van der Waals surface area contributed by atoms with Crippen molar-refractivity contribution >= 4 is 58.6 Å². The summed E-state index contributed by atoms with van der Waals surface area (Å²) < 4.78 is 17.1. The van der Waals surface area contributed by atoms with Gasteiger partial charge in [0.15, 0.2) is 0 Å². The highest BCUT2D eigenvalue weighted by molar-refractivity contribution is 7.14. The van der Waals surface area contributed by atoms with Gasteiger partial charge in [-0.05, 0) is 46.2 Å². The molecule has 2 aromatic carbocycles. The molecule has 9 heteroatoms. The van der Waals surface area contributed by atoms with Crippen molar-refractivity contribution in [2.75, 3.05) is 36.9 Å². The molecule has 2 heterocycles. The summed E-state index contributed by atoms with van der Waals surface area (Å²) in [6, 6.07) is 24.7. The second-order valence-corrected chi connectivity index (χ2v) is 9.66. The third-order valence-electron chi connectivity index (χ3n) is 5.02. The summed E-state index contributed by atoms with van der Waals surface area (Å²) in [4.78, 5) is 0. The molecule has 0 aliphatic carbocycles. The number of thiophene rings is 2. The minimum atomic E-state index is 0.570. The van der Waals surface area contributed by atoms with Crippen LogP contribution < -0.4 is 21.6 Å². The van der Waals surface area contributed by atoms with Crippen molar-refractivity contribution in [1.82, 2.24) is 0 Å². The first-order valence-electron chi connectivity index (χ1n) is 11.6. The minimum Gasteiger partial charge on any atom is -0.432 e. The molecule has 0 aliphatic heterocycles. The smallest absolute Gasteiger partial charge is 0.330 e. The van der Waals surface area contributed by atoms with E-state index in [4.69, 9.17) is 14.0 Å². The Morgan fingerprint density at radius 2 is 1.06 bits per heavy atom. The van der Waals surface area contributed by atoms with Crippen molar-refractivity contribution in [3.05, 3.63) is 94.7 Å². The zero-order valence-corrected chi connectivity index (χ0v) is 21.2. The monoisotopic (exact) mass is 502 g/mol. The maximum atomic E-state index is 5.88. The number of benzene rings is 2. The van der Waals surface area contributed by atoms with Crippen LogP contribution in [0.15, 0.2) is 83.6 Å². The highest BCUT2D eigenvalue weighted by atomic mass is 32.1. The Hall–Kier alpha value is -2.55. The zero-order valence-electron chi connectivity index (χ0n) is 19.5. The molecule has 0 saturated carbocycles. The average molecular weight is 502 g/mol. The summed E-state index contributed by atoms with van der Waals surface area (Å²) in [5, 5.41) is 13.1. The fraction of sp³-hybridized carbons (Fsp3) is 0.231. The predicted molar refractivity (Wildman–Crippen MR) is 150 cm³/mol. The van der Waals surface area contributed by atoms with Gasteiger partial charge in [0.1, 0.15) is 0 Å². The van der Waals surface area contributed by atoms with Crippen molar-refractivity contribution < 1.29 is 14.0 Å². The van der Waals surface area contributed by atoms with E-state index in [0.717, 1.165) is 45.1 Å². The highest BCUT2D eigenvalue weighted by Gasteiger charge is 2.02. The van der Waals surface area contributed by atoms with Gasteiger partial charge in [0.05, 0.1) is 23.2 Å². The lowest BCUT2D eigenvalue weighted by atomic mass is 9.87. The molecule has 0 aliphatic rings. The van der Waals surface area contributed by atoms with Gasteiger partial charge in [-0.3, -0.25) is 0 Å². The van der Waals surface area contributed by atoms with E-state index in [0.29, 0.717) is 26.4 Å². The van der Waals surface area contributed by atoms with E-state index < -0.39 is 0 Å². The van der Waals surface area contributed by atoms with Crippen molar-refractivity contribution in [1.29, 1.82) is 0 Å². The number of hydrogen-bond donors (Lipinski definition) is 2. The molecule has 0 saturated heterocycles. The van der Waals surface area contributed by atoms with Gasteiger partial charge in [0.25, 0.3) is 0 Å². The summed E-state index contributed by atoms with van der Waals surface area (Å²) >= 11 is 3.38. The van der Waals surface area contributed by atoms with Crippen LogP contribution in [0.3, 0.4) is 0 Å². The van der Waals surface area contributed by atoms with Crippen LogP contribution in [0.4, 0.5) is 10.0 Å². The van der Waals surface area contributed by atoms with Crippen LogP contribution in [0.25, 0.3) is 0 Å². The van der Waals surface area contributed by atoms with Gasteiger partial charge < -0.3 is 24.7 Å². The summed E-state index contributed by atoms with van der Waals surface area (Å²) in [6.45, 7) is 3.95. The summed E-state index contributed by atoms with van der Waals surface area (Å²) in [5.41, 5.74) is 4.36. The lowest BCUT2D eigenvalue weighted by Crippen LogP contribution is -2.20. The lowest BCUT2D eigenvalue weighted by molar-refractivity contribution is 0.107. The SMILES string of the molecule is [B](OCCNc1cccs1)c1ccc(COCc2ccc([B]OCCNc3cccs3)cc2)cc1. The van der Waals surface area contributed by atoms with E-state index in [2.05, 4.69) is 57.8 Å². The largest absolute Gasteiger partial charge is 0.432 e. The topological polar surface area (TPSA) is 51.8 Å². The van der Waals surface area contributed by atoms with Gasteiger partial charge in [-0.2, -0.15) is 0 Å². The number of rotatable bonds is 16. The van der Waals surface area contributed by atoms with E-state index in [1.165, 1.54) is 0 Å². The summed E-state index contributed by atoms with van der Waals surface area (Å²) in [7, 11) is 3.59. The Morgan fingerprint density at radius 1 is 0.600 bits per heavy atom. The molecule has 4 rings (SSSR count). The first kappa shape index (κ1) is 25.5. The van der Waals surface area contributed by atoms with Gasteiger partial charge in [0.2, 0.25) is 0 Å². The third kappa shape index (κ3) is 9.55. The maximum absolute atomic E-state index is 5.88. The Morgan fingerprint density at radius 3 is 1.46 bits per heavy atom. The first-order chi connectivity index (χ1) is 17.3. The van der Waals surface area contributed by atoms with E-state index in [9.17, 15) is 0 Å². The van der Waals surface area contributed by atoms with Crippen LogP contribution in [-0.2, 0) is 27.3 Å². The van der Waals surface area contributed by atoms with Crippen molar-refractivity contribution in [3.8, 4) is 0 Å². The molecule has 0 amide bonds. The minimum absolute atomic E-state index is 0.570. The fourth-order valence-electron chi connectivity index (χ4n) is 3.21. The van der Waals surface area contributed by atoms with Crippen LogP contribution >= 0.6 is 22.7 Å². The van der Waals surface area contributed by atoms with Gasteiger partial charge in [-0.25, -0.2) is 0 Å². The first-order valence-corrected chi connectivity index (χ1v) is 13.3. The van der Waals surface area contributed by atoms with E-state index >= 15 is 0 Å². The molecule has 0 unspecified atom stereocenters. The molecule has 0 bridgehead atoms. The molecule has 35 heavy (non-hydrogen) atoms. The molecule has 5 nitrogen and oxygen atoms in total. The normalized spacial score (nSPS) is 10.7. The molecule has 2 aromatic heterocycles. The van der Waals surface area contributed by atoms with Crippen LogP contribution in [0.5, 0.6) is 0 Å². The molecule has 0 atom stereocenters. The average Bonchev–Trinajstić information content (AvgIpc) is 3.60. The van der Waals surface area contributed by atoms with Gasteiger partial charge in [-0.15, -0.1) is 22.7 Å². The van der Waals surface area contributed by atoms with Gasteiger partial charge in [-0.1, -0.05) is 59.5 Å². The van der Waals surface area contributed by atoms with Crippen LogP contribution in [-0.4, -0.2) is 41.3 Å². The molecule has 2 N–H and O–H groups in total. The molecule has 0 spiro atoms. The number of hydrogen-bond acceptors (Lipinski definition) is 7. The maximum Gasteiger partial charge on any atom is 0.330 e. The molecular weight excluding hydrogens is 474 g/mol. The quantitative estimate of drug-likeness (QED) is 0.177. The number of anilines is 2. The molecule has 178 valence electrons. The highest BCUT2D eigenvalue weighted by Crippen LogP contribution is 2.14. The Balaban J connectivity index is 1.05. The summed E-state index contributed by atoms with van der Waals surface area (Å²) in [5.74, 6) is 0. The Labute approximate surface area is 217 Å². The second kappa shape index (κ2) is 14.8. The third-order valence-corrected chi connectivity index (χ3v) is 6.67. The fourth-order valence-corrected chi connectivity index (χ4v) is 4.50. The van der Waals surface area contributed by atoms with Crippen molar-refractivity contribution in [3.63, 3.8) is 0 Å². The summed E-state index contributed by atoms with van der Waals surface area (Å²) in [6.07, 6.45) is 0. The van der Waals surface area contributed by atoms with Crippen LogP contribution in [0.1, 0.15) is 11.1 Å². The van der Waals surface area contributed by atoms with Crippen molar-refractivity contribution in [2.24, 2.45) is 0 Å². The molecule has 0 fully saturated rings. The number of ether oxygens (including phenoxy) is 1. The number of nitrogens with one attached hydrogen (secondary N) is 2. The predicted octanol–water partition coefficient (Wildman–Crippen LogP) is 4.27. The molecule has 2 radical (unpaired) electrons. The van der Waals surface area contributed by atoms with Crippen LogP contribution in [0.2, 0.25) is 0 Å². The van der Waals surface area contributed by atoms with E-state index in [-0.39, 0.29) is 0 Å². The lowest BCUT2D eigenvalue weighted by Gasteiger charge is -2.08. The van der Waals surface area contributed by atoms with Crippen LogP contribution in [0, 0.1) is 0 Å². The van der Waals surface area contributed by atoms with Gasteiger partial charge >= 0.3 is 15.0 Å². The Kier molecular flexibility index (Phi) is 10.8. The standard InChI is InChI=1S/C26H28B2N2O3S2/c1-3-25(34-17-1)29-13-15-32-27-23-9-5-21(6-10-23)19-31-20-22-7-11-24(12-8-22)28-33-16-14-30-26-4-2-18-35-26/h1-12,17-18,29-30H,13-16,19-20H2. The second-order valence-electron chi connectivity index (χ2n) is 7.76. The molecular formula is C26H28B2N2O3S2. The zero-order chi connectivity index (χ0) is 24.0. The Bertz CT molecular complexity index is 989.